The lowest BCUT2D eigenvalue weighted by atomic mass is 10.5. The highest BCUT2D eigenvalue weighted by molar-refractivity contribution is 7.89. The smallest absolute Gasteiger partial charge is 0.264 e. The Bertz CT molecular complexity index is 390. The molecule has 0 aliphatic rings. The molecule has 1 aromatic rings. The topological polar surface area (TPSA) is 68.3 Å². The van der Waals surface area contributed by atoms with Crippen LogP contribution in [0.5, 0.6) is 0 Å². The fourth-order valence-corrected chi connectivity index (χ4v) is 1.63. The first-order valence-corrected chi connectivity index (χ1v) is 5.67. The van der Waals surface area contributed by atoms with Crippen LogP contribution in [-0.2, 0) is 14.9 Å². The molecule has 1 rings (SSSR count). The van der Waals surface area contributed by atoms with Crippen LogP contribution in [0.4, 0.5) is 0 Å². The van der Waals surface area contributed by atoms with Gasteiger partial charge in [-0.15, -0.1) is 0 Å². The Morgan fingerprint density at radius 3 is 2.79 bits per heavy atom. The molecule has 1 aromatic heterocycles. The van der Waals surface area contributed by atoms with Crippen LogP contribution in [0.1, 0.15) is 6.92 Å². The van der Waals surface area contributed by atoms with Gasteiger partial charge in [-0.3, -0.25) is 4.84 Å². The quantitative estimate of drug-likeness (QED) is 0.625. The van der Waals surface area contributed by atoms with E-state index < -0.39 is 10.0 Å². The summed E-state index contributed by atoms with van der Waals surface area (Å²) in [7, 11) is -3.63. The molecule has 7 heteroatoms. The Morgan fingerprint density at radius 1 is 1.57 bits per heavy atom. The molecule has 1 heterocycles. The van der Waals surface area contributed by atoms with Gasteiger partial charge in [-0.1, -0.05) is 16.5 Å². The van der Waals surface area contributed by atoms with Crippen molar-refractivity contribution in [2.45, 2.75) is 11.8 Å². The average Bonchev–Trinajstić information content (AvgIpc) is 2.16. The zero-order valence-electron chi connectivity index (χ0n) is 7.40. The second-order valence-corrected chi connectivity index (χ2v) is 4.37. The molecule has 0 aromatic carbocycles. The van der Waals surface area contributed by atoms with Gasteiger partial charge >= 0.3 is 0 Å². The highest BCUT2D eigenvalue weighted by atomic mass is 35.5. The molecule has 0 saturated carbocycles. The van der Waals surface area contributed by atoms with Gasteiger partial charge in [0.2, 0.25) is 0 Å². The van der Waals surface area contributed by atoms with E-state index in [-0.39, 0.29) is 16.7 Å². The van der Waals surface area contributed by atoms with Gasteiger partial charge in [-0.25, -0.2) is 13.4 Å². The molecule has 0 unspecified atom stereocenters. The summed E-state index contributed by atoms with van der Waals surface area (Å²) in [5.41, 5.74) is 0. The molecular weight excluding hydrogens is 228 g/mol. The first kappa shape index (κ1) is 11.4. The molecule has 14 heavy (non-hydrogen) atoms. The fraction of sp³-hybridized carbons (Fsp3) is 0.286. The lowest BCUT2D eigenvalue weighted by Crippen LogP contribution is -2.24. The van der Waals surface area contributed by atoms with Gasteiger partial charge in [0.15, 0.2) is 0 Å². The van der Waals surface area contributed by atoms with E-state index in [4.69, 9.17) is 11.6 Å². The number of nitrogens with zero attached hydrogens (tertiary/aromatic N) is 1. The summed E-state index contributed by atoms with van der Waals surface area (Å²) >= 11 is 5.51. The minimum Gasteiger partial charge on any atom is -0.287 e. The zero-order chi connectivity index (χ0) is 10.6. The lowest BCUT2D eigenvalue weighted by molar-refractivity contribution is 0.105. The molecule has 1 N–H and O–H groups in total. The standard InChI is InChI=1S/C7H9ClN2O3S/c1-2-13-10-14(11,12)6-3-4-7(8)9-5-6/h3-5,10H,2H2,1H3. The summed E-state index contributed by atoms with van der Waals surface area (Å²) < 4.78 is 22.8. The molecule has 0 bridgehead atoms. The van der Waals surface area contributed by atoms with Crippen molar-refractivity contribution in [2.24, 2.45) is 0 Å². The van der Waals surface area contributed by atoms with Gasteiger partial charge in [-0.05, 0) is 19.1 Å². The van der Waals surface area contributed by atoms with Gasteiger partial charge in [0.1, 0.15) is 10.0 Å². The highest BCUT2D eigenvalue weighted by Crippen LogP contribution is 2.10. The summed E-state index contributed by atoms with van der Waals surface area (Å²) in [5, 5.41) is 0.236. The zero-order valence-corrected chi connectivity index (χ0v) is 8.97. The Morgan fingerprint density at radius 2 is 2.29 bits per heavy atom. The second-order valence-electron chi connectivity index (χ2n) is 2.34. The molecule has 0 aliphatic carbocycles. The molecule has 0 aliphatic heterocycles. The molecule has 0 saturated heterocycles. The van der Waals surface area contributed by atoms with Crippen molar-refractivity contribution < 1.29 is 13.3 Å². The Labute approximate surface area is 87.1 Å². The van der Waals surface area contributed by atoms with Crippen LogP contribution in [0.15, 0.2) is 23.2 Å². The maximum Gasteiger partial charge on any atom is 0.264 e. The van der Waals surface area contributed by atoms with E-state index in [9.17, 15) is 8.42 Å². The van der Waals surface area contributed by atoms with Crippen LogP contribution < -0.4 is 4.89 Å². The largest absolute Gasteiger partial charge is 0.287 e. The fourth-order valence-electron chi connectivity index (χ4n) is 0.706. The van der Waals surface area contributed by atoms with Gasteiger partial charge in [-0.2, -0.15) is 0 Å². The van der Waals surface area contributed by atoms with Crippen LogP contribution in [0.3, 0.4) is 0 Å². The van der Waals surface area contributed by atoms with E-state index in [0.717, 1.165) is 6.20 Å². The lowest BCUT2D eigenvalue weighted by Gasteiger charge is -2.04. The molecule has 0 fully saturated rings. The number of aromatic nitrogens is 1. The van der Waals surface area contributed by atoms with Crippen molar-refractivity contribution in [3.63, 3.8) is 0 Å². The van der Waals surface area contributed by atoms with Crippen molar-refractivity contribution in [3.05, 3.63) is 23.5 Å². The number of hydrogen-bond donors (Lipinski definition) is 1. The Kier molecular flexibility index (Phi) is 3.82. The normalized spacial score (nSPS) is 11.6. The van der Waals surface area contributed by atoms with Crippen molar-refractivity contribution >= 4 is 21.6 Å². The first-order valence-electron chi connectivity index (χ1n) is 3.81. The van der Waals surface area contributed by atoms with E-state index in [2.05, 4.69) is 9.82 Å². The summed E-state index contributed by atoms with van der Waals surface area (Å²) in [6, 6.07) is 2.73. The second kappa shape index (κ2) is 4.70. The van der Waals surface area contributed by atoms with Crippen LogP contribution in [-0.4, -0.2) is 20.0 Å². The molecular formula is C7H9ClN2O3S. The SMILES string of the molecule is CCONS(=O)(=O)c1ccc(Cl)nc1. The average molecular weight is 237 g/mol. The van der Waals surface area contributed by atoms with Crippen molar-refractivity contribution in [2.75, 3.05) is 6.61 Å². The number of hydrogen-bond acceptors (Lipinski definition) is 4. The Balaban J connectivity index is 2.87. The molecule has 5 nitrogen and oxygen atoms in total. The van der Waals surface area contributed by atoms with Crippen LogP contribution >= 0.6 is 11.6 Å². The number of halogens is 1. The van der Waals surface area contributed by atoms with Crippen LogP contribution in [0, 0.1) is 0 Å². The molecule has 78 valence electrons. The van der Waals surface area contributed by atoms with E-state index in [1.54, 1.807) is 6.92 Å². The summed E-state index contributed by atoms with van der Waals surface area (Å²) in [5.74, 6) is 0. The van der Waals surface area contributed by atoms with E-state index in [1.807, 2.05) is 4.89 Å². The monoisotopic (exact) mass is 236 g/mol. The van der Waals surface area contributed by atoms with Gasteiger partial charge in [0.05, 0.1) is 6.61 Å². The maximum absolute atomic E-state index is 11.4. The minimum absolute atomic E-state index is 0.00958. The van der Waals surface area contributed by atoms with Gasteiger partial charge in [0, 0.05) is 6.20 Å². The van der Waals surface area contributed by atoms with Crippen molar-refractivity contribution in [1.29, 1.82) is 0 Å². The highest BCUT2D eigenvalue weighted by Gasteiger charge is 2.13. The number of rotatable bonds is 4. The predicted octanol–water partition coefficient (Wildman–Crippen LogP) is 0.965. The third-order valence-electron chi connectivity index (χ3n) is 1.32. The van der Waals surface area contributed by atoms with Gasteiger partial charge < -0.3 is 0 Å². The molecule has 0 amide bonds. The van der Waals surface area contributed by atoms with E-state index >= 15 is 0 Å². The van der Waals surface area contributed by atoms with Crippen molar-refractivity contribution in [3.8, 4) is 0 Å². The predicted molar refractivity (Wildman–Crippen MR) is 51.2 cm³/mol. The van der Waals surface area contributed by atoms with Crippen molar-refractivity contribution in [1.82, 2.24) is 9.87 Å². The Hall–Kier alpha value is -0.690. The number of sulfonamides is 1. The van der Waals surface area contributed by atoms with Crippen LogP contribution in [0.2, 0.25) is 5.15 Å². The molecule has 0 spiro atoms. The van der Waals surface area contributed by atoms with Gasteiger partial charge in [0.25, 0.3) is 10.0 Å². The third-order valence-corrected chi connectivity index (χ3v) is 2.75. The van der Waals surface area contributed by atoms with E-state index in [0.29, 0.717) is 0 Å². The third kappa shape index (κ3) is 2.91. The van der Waals surface area contributed by atoms with E-state index in [1.165, 1.54) is 12.1 Å². The number of nitrogens with one attached hydrogen (secondary N) is 1. The molecule has 0 radical (unpaired) electrons. The molecule has 0 atom stereocenters. The summed E-state index contributed by atoms with van der Waals surface area (Å²) in [6.45, 7) is 1.92. The minimum atomic E-state index is -3.63. The number of pyridine rings is 1. The maximum atomic E-state index is 11.4. The first-order chi connectivity index (χ1) is 6.56. The summed E-state index contributed by atoms with van der Waals surface area (Å²) in [4.78, 5) is 10.2. The summed E-state index contributed by atoms with van der Waals surface area (Å²) in [6.07, 6.45) is 1.16. The van der Waals surface area contributed by atoms with Crippen LogP contribution in [0.25, 0.3) is 0 Å².